The van der Waals surface area contributed by atoms with Gasteiger partial charge in [-0.05, 0) is 60.8 Å². The number of anilines is 3. The molecule has 1 fully saturated rings. The molecule has 1 aliphatic rings. The molecule has 6 nitrogen and oxygen atoms in total. The molecule has 1 saturated heterocycles. The molecular formula is C24H23Cl2FN6S. The number of rotatable bonds is 8. The van der Waals surface area contributed by atoms with Crippen molar-refractivity contribution in [3.63, 3.8) is 0 Å². The van der Waals surface area contributed by atoms with Crippen molar-refractivity contribution in [2.75, 3.05) is 30.3 Å². The average Bonchev–Trinajstić information content (AvgIpc) is 3.50. The highest BCUT2D eigenvalue weighted by molar-refractivity contribution is 7.18. The molecule has 0 spiro atoms. The topological polar surface area (TPSA) is 74.8 Å². The third kappa shape index (κ3) is 5.25. The molecule has 0 saturated carbocycles. The fourth-order valence-electron chi connectivity index (χ4n) is 3.90. The Hall–Kier alpha value is -2.52. The number of thiazole rings is 1. The number of fused-ring (bicyclic) bond motifs is 1. The molecule has 34 heavy (non-hydrogen) atoms. The third-order valence-corrected chi connectivity index (χ3v) is 7.43. The smallest absolute Gasteiger partial charge is 0.226 e. The average molecular weight is 517 g/mol. The van der Waals surface area contributed by atoms with Crippen LogP contribution < -0.4 is 16.0 Å². The summed E-state index contributed by atoms with van der Waals surface area (Å²) < 4.78 is 12.9. The third-order valence-electron chi connectivity index (χ3n) is 5.77. The summed E-state index contributed by atoms with van der Waals surface area (Å²) in [5.41, 5.74) is 2.93. The lowest BCUT2D eigenvalue weighted by molar-refractivity contribution is 0.485. The van der Waals surface area contributed by atoms with Gasteiger partial charge in [-0.3, -0.25) is 0 Å². The Morgan fingerprint density at radius 3 is 2.56 bits per heavy atom. The molecule has 176 valence electrons. The normalized spacial score (nSPS) is 15.7. The van der Waals surface area contributed by atoms with E-state index < -0.39 is 6.67 Å². The van der Waals surface area contributed by atoms with E-state index in [9.17, 15) is 4.39 Å². The molecule has 1 atom stereocenters. The van der Waals surface area contributed by atoms with Gasteiger partial charge in [0.05, 0.1) is 0 Å². The van der Waals surface area contributed by atoms with Crippen molar-refractivity contribution >= 4 is 62.3 Å². The second-order valence-electron chi connectivity index (χ2n) is 8.23. The number of nitrogens with one attached hydrogen (secondary N) is 3. The number of halogens is 3. The molecule has 2 aromatic carbocycles. The van der Waals surface area contributed by atoms with Crippen molar-refractivity contribution < 1.29 is 4.39 Å². The fraction of sp³-hybridized carbons (Fsp3) is 0.292. The summed E-state index contributed by atoms with van der Waals surface area (Å²) in [5.74, 6) is 1.69. The van der Waals surface area contributed by atoms with Gasteiger partial charge >= 0.3 is 0 Å². The predicted octanol–water partition coefficient (Wildman–Crippen LogP) is 6.22. The lowest BCUT2D eigenvalue weighted by Gasteiger charge is -2.12. The molecular weight excluding hydrogens is 494 g/mol. The van der Waals surface area contributed by atoms with E-state index in [2.05, 4.69) is 16.0 Å². The summed E-state index contributed by atoms with van der Waals surface area (Å²) in [6.45, 7) is 2.33. The monoisotopic (exact) mass is 516 g/mol. The molecule has 5 rings (SSSR count). The van der Waals surface area contributed by atoms with Crippen molar-refractivity contribution in [1.29, 1.82) is 0 Å². The molecule has 0 radical (unpaired) electrons. The molecule has 0 amide bonds. The molecule has 0 unspecified atom stereocenters. The second kappa shape index (κ2) is 10.4. The summed E-state index contributed by atoms with van der Waals surface area (Å²) in [6.07, 6.45) is 1.63. The van der Waals surface area contributed by atoms with Gasteiger partial charge < -0.3 is 16.0 Å². The zero-order valence-corrected chi connectivity index (χ0v) is 20.6. The Morgan fingerprint density at radius 1 is 1.06 bits per heavy atom. The van der Waals surface area contributed by atoms with Crippen molar-refractivity contribution in [2.24, 2.45) is 5.92 Å². The molecule has 0 bridgehead atoms. The molecule has 2 aromatic heterocycles. The largest absolute Gasteiger partial charge is 0.354 e. The van der Waals surface area contributed by atoms with Crippen LogP contribution in [0.1, 0.15) is 22.6 Å². The number of nitrogens with zero attached hydrogens (tertiary/aromatic N) is 3. The minimum Gasteiger partial charge on any atom is -0.354 e. The highest BCUT2D eigenvalue weighted by Crippen LogP contribution is 2.33. The van der Waals surface area contributed by atoms with Gasteiger partial charge in [0, 0.05) is 28.7 Å². The van der Waals surface area contributed by atoms with Crippen molar-refractivity contribution in [3.05, 3.63) is 68.6 Å². The number of alkyl halides is 1. The number of aromatic nitrogens is 3. The first-order chi connectivity index (χ1) is 16.6. The maximum Gasteiger partial charge on any atom is 0.226 e. The molecule has 10 heteroatoms. The van der Waals surface area contributed by atoms with Gasteiger partial charge in [0.15, 0.2) is 10.6 Å². The molecule has 4 aromatic rings. The van der Waals surface area contributed by atoms with Crippen LogP contribution in [0.3, 0.4) is 0 Å². The number of benzene rings is 2. The van der Waals surface area contributed by atoms with E-state index in [4.69, 9.17) is 38.2 Å². The molecule has 3 heterocycles. The van der Waals surface area contributed by atoms with Gasteiger partial charge in [0.1, 0.15) is 17.2 Å². The van der Waals surface area contributed by atoms with Crippen LogP contribution in [0.25, 0.3) is 10.3 Å². The van der Waals surface area contributed by atoms with E-state index in [0.29, 0.717) is 45.2 Å². The lowest BCUT2D eigenvalue weighted by atomic mass is 10.1. The summed E-state index contributed by atoms with van der Waals surface area (Å²) in [4.78, 5) is 15.0. The van der Waals surface area contributed by atoms with E-state index >= 15 is 0 Å². The maximum atomic E-state index is 12.9. The van der Waals surface area contributed by atoms with E-state index in [1.54, 1.807) is 12.1 Å². The Morgan fingerprint density at radius 2 is 1.85 bits per heavy atom. The van der Waals surface area contributed by atoms with Crippen LogP contribution in [-0.4, -0.2) is 34.6 Å². The van der Waals surface area contributed by atoms with Crippen molar-refractivity contribution in [2.45, 2.75) is 19.5 Å². The first-order valence-electron chi connectivity index (χ1n) is 11.1. The maximum absolute atomic E-state index is 12.9. The zero-order valence-electron chi connectivity index (χ0n) is 18.2. The molecule has 0 aliphatic carbocycles. The summed E-state index contributed by atoms with van der Waals surface area (Å²) in [6, 6.07) is 12.6. The SMILES string of the molecule is FCc1ccc(Nc2nc(NC[C@@H]3CCNC3)nc3sc(Cc4c(Cl)cccc4Cl)nc23)cc1. The van der Waals surface area contributed by atoms with Crippen LogP contribution in [0.5, 0.6) is 0 Å². The number of hydrogen-bond donors (Lipinski definition) is 3. The van der Waals surface area contributed by atoms with Crippen LogP contribution in [0, 0.1) is 5.92 Å². The van der Waals surface area contributed by atoms with Crippen LogP contribution >= 0.6 is 34.5 Å². The summed E-state index contributed by atoms with van der Waals surface area (Å²) in [5, 5.41) is 12.2. The van der Waals surface area contributed by atoms with Crippen LogP contribution in [-0.2, 0) is 13.1 Å². The Kier molecular flexibility index (Phi) is 7.10. The van der Waals surface area contributed by atoms with Gasteiger partial charge in [-0.2, -0.15) is 4.98 Å². The van der Waals surface area contributed by atoms with Crippen molar-refractivity contribution in [3.8, 4) is 0 Å². The van der Waals surface area contributed by atoms with Crippen LogP contribution in [0.15, 0.2) is 42.5 Å². The van der Waals surface area contributed by atoms with Crippen molar-refractivity contribution in [1.82, 2.24) is 20.3 Å². The van der Waals surface area contributed by atoms with E-state index in [0.717, 1.165) is 47.1 Å². The fourth-order valence-corrected chi connectivity index (χ4v) is 5.38. The molecule has 1 aliphatic heterocycles. The first-order valence-corrected chi connectivity index (χ1v) is 12.6. The predicted molar refractivity (Wildman–Crippen MR) is 138 cm³/mol. The highest BCUT2D eigenvalue weighted by atomic mass is 35.5. The first kappa shape index (κ1) is 23.2. The van der Waals surface area contributed by atoms with E-state index in [1.165, 1.54) is 11.3 Å². The van der Waals surface area contributed by atoms with Crippen LogP contribution in [0.2, 0.25) is 10.0 Å². The summed E-state index contributed by atoms with van der Waals surface area (Å²) >= 11 is 14.3. The van der Waals surface area contributed by atoms with Crippen LogP contribution in [0.4, 0.5) is 21.8 Å². The minimum absolute atomic E-state index is 0.498. The summed E-state index contributed by atoms with van der Waals surface area (Å²) in [7, 11) is 0. The van der Waals surface area contributed by atoms with Gasteiger partial charge in [-0.1, -0.05) is 52.7 Å². The van der Waals surface area contributed by atoms with Gasteiger partial charge in [-0.15, -0.1) is 0 Å². The van der Waals surface area contributed by atoms with Gasteiger partial charge in [0.2, 0.25) is 5.95 Å². The molecule has 3 N–H and O–H groups in total. The zero-order chi connectivity index (χ0) is 23.5. The van der Waals surface area contributed by atoms with E-state index in [-0.39, 0.29) is 0 Å². The second-order valence-corrected chi connectivity index (χ2v) is 10.1. The Labute approximate surface area is 210 Å². The van der Waals surface area contributed by atoms with Gasteiger partial charge in [-0.25, -0.2) is 14.4 Å². The van der Waals surface area contributed by atoms with E-state index in [1.807, 2.05) is 30.3 Å². The standard InChI is InChI=1S/C24H23Cl2FN6S/c25-18-2-1-3-19(26)17(18)10-20-31-21-22(30-16-6-4-14(11-27)5-7-16)32-24(33-23(21)34-20)29-13-15-8-9-28-12-15/h1-7,15,28H,8-13H2,(H2,29,30,32,33)/t15-/m1/s1. The Bertz CT molecular complexity index is 1270. The lowest BCUT2D eigenvalue weighted by Crippen LogP contribution is -2.18. The minimum atomic E-state index is -0.498. The Balaban J connectivity index is 1.48. The number of hydrogen-bond acceptors (Lipinski definition) is 7. The van der Waals surface area contributed by atoms with Gasteiger partial charge in [0.25, 0.3) is 0 Å². The quantitative estimate of drug-likeness (QED) is 0.258. The highest BCUT2D eigenvalue weighted by Gasteiger charge is 2.18.